The summed E-state index contributed by atoms with van der Waals surface area (Å²) in [5.74, 6) is 0.557. The van der Waals surface area contributed by atoms with E-state index in [9.17, 15) is 4.79 Å². The van der Waals surface area contributed by atoms with E-state index >= 15 is 0 Å². The van der Waals surface area contributed by atoms with Gasteiger partial charge in [-0.2, -0.15) is 0 Å². The molecule has 0 radical (unpaired) electrons. The van der Waals surface area contributed by atoms with Crippen LogP contribution in [0.25, 0.3) is 0 Å². The number of piperidine rings is 1. The molecular formula is C11H16N4O. The van der Waals surface area contributed by atoms with Gasteiger partial charge in [-0.1, -0.05) is 6.92 Å². The number of amides is 1. The topological polar surface area (TPSA) is 66.9 Å². The van der Waals surface area contributed by atoms with E-state index in [4.69, 9.17) is 0 Å². The van der Waals surface area contributed by atoms with Gasteiger partial charge >= 0.3 is 0 Å². The van der Waals surface area contributed by atoms with Crippen molar-refractivity contribution in [1.82, 2.24) is 15.3 Å². The Morgan fingerprint density at radius 1 is 1.44 bits per heavy atom. The van der Waals surface area contributed by atoms with Gasteiger partial charge in [-0.25, -0.2) is 4.98 Å². The molecule has 1 saturated heterocycles. The molecule has 0 aliphatic carbocycles. The van der Waals surface area contributed by atoms with Crippen LogP contribution in [0.4, 0.5) is 5.82 Å². The molecule has 0 aromatic carbocycles. The maximum Gasteiger partial charge on any atom is 0.231 e. The van der Waals surface area contributed by atoms with Gasteiger partial charge in [-0.15, -0.1) is 0 Å². The van der Waals surface area contributed by atoms with Crippen molar-refractivity contribution in [3.63, 3.8) is 0 Å². The number of hydrogen-bond donors (Lipinski definition) is 2. The summed E-state index contributed by atoms with van der Waals surface area (Å²) in [5.41, 5.74) is -0.289. The first-order valence-electron chi connectivity index (χ1n) is 5.49. The van der Waals surface area contributed by atoms with E-state index in [1.54, 1.807) is 18.6 Å². The highest BCUT2D eigenvalue weighted by Gasteiger charge is 2.34. The quantitative estimate of drug-likeness (QED) is 0.773. The normalized spacial score (nSPS) is 19.1. The van der Waals surface area contributed by atoms with E-state index in [2.05, 4.69) is 20.6 Å². The van der Waals surface area contributed by atoms with Crippen molar-refractivity contribution in [3.05, 3.63) is 18.6 Å². The first kappa shape index (κ1) is 11.0. The average molecular weight is 220 g/mol. The Hall–Kier alpha value is -1.49. The minimum absolute atomic E-state index is 0.0366. The highest BCUT2D eigenvalue weighted by Crippen LogP contribution is 2.29. The zero-order chi connectivity index (χ0) is 11.4. The van der Waals surface area contributed by atoms with Crippen LogP contribution in [0.1, 0.15) is 19.8 Å². The van der Waals surface area contributed by atoms with Crippen molar-refractivity contribution in [3.8, 4) is 0 Å². The van der Waals surface area contributed by atoms with Crippen molar-refractivity contribution in [2.75, 3.05) is 18.4 Å². The summed E-state index contributed by atoms with van der Waals surface area (Å²) in [7, 11) is 0. The predicted octanol–water partition coefficient (Wildman–Crippen LogP) is 0.805. The Kier molecular flexibility index (Phi) is 3.14. The van der Waals surface area contributed by atoms with E-state index in [0.29, 0.717) is 5.82 Å². The number of aromatic nitrogens is 2. The number of nitrogens with one attached hydrogen (secondary N) is 2. The average Bonchev–Trinajstić information content (AvgIpc) is 2.31. The van der Waals surface area contributed by atoms with Crippen LogP contribution in [0.5, 0.6) is 0 Å². The smallest absolute Gasteiger partial charge is 0.231 e. The molecule has 16 heavy (non-hydrogen) atoms. The monoisotopic (exact) mass is 220 g/mol. The minimum Gasteiger partial charge on any atom is -0.317 e. The van der Waals surface area contributed by atoms with E-state index < -0.39 is 0 Å². The number of hydrogen-bond acceptors (Lipinski definition) is 4. The second-order valence-electron chi connectivity index (χ2n) is 4.36. The number of rotatable bonds is 2. The van der Waals surface area contributed by atoms with Crippen molar-refractivity contribution in [2.45, 2.75) is 19.8 Å². The maximum atomic E-state index is 12.1. The summed E-state index contributed by atoms with van der Waals surface area (Å²) in [6.45, 7) is 3.79. The lowest BCUT2D eigenvalue weighted by Gasteiger charge is -2.32. The molecule has 5 nitrogen and oxygen atoms in total. The zero-order valence-corrected chi connectivity index (χ0v) is 9.36. The lowest BCUT2D eigenvalue weighted by Crippen LogP contribution is -2.42. The number of carbonyl (C=O) groups excluding carboxylic acids is 1. The summed E-state index contributed by atoms with van der Waals surface area (Å²) < 4.78 is 0. The summed E-state index contributed by atoms with van der Waals surface area (Å²) in [6.07, 6.45) is 6.43. The zero-order valence-electron chi connectivity index (χ0n) is 9.36. The largest absolute Gasteiger partial charge is 0.317 e. The molecule has 86 valence electrons. The van der Waals surface area contributed by atoms with Crippen molar-refractivity contribution >= 4 is 11.7 Å². The van der Waals surface area contributed by atoms with Gasteiger partial charge in [-0.3, -0.25) is 9.78 Å². The van der Waals surface area contributed by atoms with Gasteiger partial charge in [0.05, 0.1) is 6.20 Å². The third-order valence-electron chi connectivity index (χ3n) is 3.06. The van der Waals surface area contributed by atoms with Gasteiger partial charge in [0.25, 0.3) is 0 Å². The molecule has 5 heteroatoms. The standard InChI is InChI=1S/C11H16N4O/c1-11(2-4-12-5-3-11)10(16)15-9-8-13-6-7-14-9/h6-8,12H,2-5H2,1H3,(H,14,15,16). The van der Waals surface area contributed by atoms with Crippen LogP contribution in [0, 0.1) is 5.41 Å². The third kappa shape index (κ3) is 2.36. The number of anilines is 1. The van der Waals surface area contributed by atoms with E-state index in [1.165, 1.54) is 0 Å². The molecule has 2 rings (SSSR count). The number of nitrogens with zero attached hydrogens (tertiary/aromatic N) is 2. The fourth-order valence-corrected chi connectivity index (χ4v) is 1.84. The SMILES string of the molecule is CC1(C(=O)Nc2cnccn2)CCNCC1. The van der Waals surface area contributed by atoms with Gasteiger partial charge in [0, 0.05) is 17.8 Å². The highest BCUT2D eigenvalue weighted by atomic mass is 16.2. The molecular weight excluding hydrogens is 204 g/mol. The third-order valence-corrected chi connectivity index (χ3v) is 3.06. The Bertz CT molecular complexity index is 360. The Morgan fingerprint density at radius 2 is 2.19 bits per heavy atom. The van der Waals surface area contributed by atoms with Gasteiger partial charge < -0.3 is 10.6 Å². The number of carbonyl (C=O) groups is 1. The molecule has 1 fully saturated rings. The molecule has 0 atom stereocenters. The molecule has 1 amide bonds. The highest BCUT2D eigenvalue weighted by molar-refractivity contribution is 5.94. The van der Waals surface area contributed by atoms with E-state index in [1.807, 2.05) is 6.92 Å². The molecule has 0 spiro atoms. The van der Waals surface area contributed by atoms with Crippen LogP contribution < -0.4 is 10.6 Å². The first-order valence-corrected chi connectivity index (χ1v) is 5.49. The lowest BCUT2D eigenvalue weighted by atomic mass is 9.80. The Morgan fingerprint density at radius 3 is 2.81 bits per heavy atom. The summed E-state index contributed by atoms with van der Waals surface area (Å²) in [4.78, 5) is 20.0. The van der Waals surface area contributed by atoms with Gasteiger partial charge in [0.1, 0.15) is 0 Å². The molecule has 2 heterocycles. The molecule has 1 aromatic rings. The van der Waals surface area contributed by atoms with Crippen LogP contribution in [-0.2, 0) is 4.79 Å². The summed E-state index contributed by atoms with van der Waals surface area (Å²) >= 11 is 0. The summed E-state index contributed by atoms with van der Waals surface area (Å²) in [6, 6.07) is 0. The fourth-order valence-electron chi connectivity index (χ4n) is 1.84. The van der Waals surface area contributed by atoms with Gasteiger partial charge in [0.2, 0.25) is 5.91 Å². The second-order valence-corrected chi connectivity index (χ2v) is 4.36. The minimum atomic E-state index is -0.289. The van der Waals surface area contributed by atoms with Crippen LogP contribution in [0.15, 0.2) is 18.6 Å². The molecule has 1 aliphatic heterocycles. The van der Waals surface area contributed by atoms with Crippen molar-refractivity contribution < 1.29 is 4.79 Å². The molecule has 1 aliphatic rings. The molecule has 0 bridgehead atoms. The Labute approximate surface area is 94.7 Å². The van der Waals surface area contributed by atoms with Crippen LogP contribution in [-0.4, -0.2) is 29.0 Å². The molecule has 0 saturated carbocycles. The first-order chi connectivity index (χ1) is 7.71. The molecule has 2 N–H and O–H groups in total. The van der Waals surface area contributed by atoms with Gasteiger partial charge in [-0.05, 0) is 25.9 Å². The molecule has 0 unspecified atom stereocenters. The second kappa shape index (κ2) is 4.57. The van der Waals surface area contributed by atoms with Crippen LogP contribution in [0.3, 0.4) is 0 Å². The van der Waals surface area contributed by atoms with E-state index in [-0.39, 0.29) is 11.3 Å². The predicted molar refractivity (Wildman–Crippen MR) is 60.9 cm³/mol. The molecule has 1 aromatic heterocycles. The summed E-state index contributed by atoms with van der Waals surface area (Å²) in [5, 5.41) is 6.06. The lowest BCUT2D eigenvalue weighted by molar-refractivity contribution is -0.126. The van der Waals surface area contributed by atoms with Crippen molar-refractivity contribution in [2.24, 2.45) is 5.41 Å². The fraction of sp³-hybridized carbons (Fsp3) is 0.545. The van der Waals surface area contributed by atoms with Gasteiger partial charge in [0.15, 0.2) is 5.82 Å². The van der Waals surface area contributed by atoms with E-state index in [0.717, 1.165) is 25.9 Å². The van der Waals surface area contributed by atoms with Crippen LogP contribution in [0.2, 0.25) is 0 Å². The maximum absolute atomic E-state index is 12.1. The van der Waals surface area contributed by atoms with Crippen LogP contribution >= 0.6 is 0 Å². The Balaban J connectivity index is 2.02. The van der Waals surface area contributed by atoms with Crippen molar-refractivity contribution in [1.29, 1.82) is 0 Å².